The number of nitrogens with zero attached hydrogens (tertiary/aromatic N) is 2. The summed E-state index contributed by atoms with van der Waals surface area (Å²) in [6.45, 7) is 9.64. The molecule has 0 aliphatic heterocycles. The van der Waals surface area contributed by atoms with Crippen LogP contribution < -0.4 is 0 Å². The lowest BCUT2D eigenvalue weighted by Gasteiger charge is -2.15. The van der Waals surface area contributed by atoms with Crippen LogP contribution >= 0.6 is 0 Å². The molecular formula is C19H24N2O. The van der Waals surface area contributed by atoms with E-state index in [1.807, 2.05) is 43.0 Å². The molecule has 116 valence electrons. The summed E-state index contributed by atoms with van der Waals surface area (Å²) in [5.74, 6) is 0.0644. The van der Waals surface area contributed by atoms with Crippen LogP contribution in [-0.2, 0) is 4.79 Å². The van der Waals surface area contributed by atoms with Gasteiger partial charge in [0.1, 0.15) is 0 Å². The molecule has 0 unspecified atom stereocenters. The van der Waals surface area contributed by atoms with Crippen molar-refractivity contribution in [3.63, 3.8) is 0 Å². The molecule has 0 spiro atoms. The fraction of sp³-hybridized carbons (Fsp3) is 0.316. The third-order valence-electron chi connectivity index (χ3n) is 3.97. The van der Waals surface area contributed by atoms with Crippen molar-refractivity contribution in [3.05, 3.63) is 59.4 Å². The molecule has 0 aliphatic rings. The maximum atomic E-state index is 12.1. The van der Waals surface area contributed by atoms with E-state index in [0.29, 0.717) is 0 Å². The molecule has 0 radical (unpaired) electrons. The molecule has 1 amide bonds. The molecule has 3 nitrogen and oxygen atoms in total. The second-order valence-corrected chi connectivity index (χ2v) is 5.34. The van der Waals surface area contributed by atoms with Gasteiger partial charge >= 0.3 is 0 Å². The fourth-order valence-electron chi connectivity index (χ4n) is 2.73. The van der Waals surface area contributed by atoms with E-state index in [-0.39, 0.29) is 5.91 Å². The predicted octanol–water partition coefficient (Wildman–Crippen LogP) is 3.98. The van der Waals surface area contributed by atoms with Crippen LogP contribution in [0, 0.1) is 13.8 Å². The van der Waals surface area contributed by atoms with Crippen LogP contribution in [-0.4, -0.2) is 28.5 Å². The monoisotopic (exact) mass is 296 g/mol. The largest absolute Gasteiger partial charge is 0.340 e. The Morgan fingerprint density at radius 3 is 2.36 bits per heavy atom. The van der Waals surface area contributed by atoms with Crippen molar-refractivity contribution in [3.8, 4) is 5.69 Å². The summed E-state index contributed by atoms with van der Waals surface area (Å²) in [6.07, 6.45) is 3.59. The number of benzene rings is 1. The zero-order valence-electron chi connectivity index (χ0n) is 13.8. The standard InChI is InChI=1S/C19H24N2O/c1-5-20(6-2)19(22)13-12-17-14-15(3)21(16(17)4)18-10-8-7-9-11-18/h7-14H,5-6H2,1-4H3/b13-12+. The highest BCUT2D eigenvalue weighted by atomic mass is 16.2. The molecule has 1 aromatic heterocycles. The molecule has 1 heterocycles. The molecule has 1 aromatic carbocycles. The molecule has 22 heavy (non-hydrogen) atoms. The lowest BCUT2D eigenvalue weighted by molar-refractivity contribution is -0.125. The summed E-state index contributed by atoms with van der Waals surface area (Å²) in [5.41, 5.74) is 4.54. The Bertz CT molecular complexity index is 664. The number of aromatic nitrogens is 1. The van der Waals surface area contributed by atoms with Gasteiger partial charge in [-0.25, -0.2) is 0 Å². The van der Waals surface area contributed by atoms with Gasteiger partial charge in [-0.2, -0.15) is 0 Å². The number of hydrogen-bond donors (Lipinski definition) is 0. The van der Waals surface area contributed by atoms with E-state index in [2.05, 4.69) is 36.6 Å². The minimum absolute atomic E-state index is 0.0644. The van der Waals surface area contributed by atoms with Gasteiger partial charge in [-0.3, -0.25) is 4.79 Å². The van der Waals surface area contributed by atoms with Gasteiger partial charge in [-0.05, 0) is 57.5 Å². The van der Waals surface area contributed by atoms with E-state index in [4.69, 9.17) is 0 Å². The third kappa shape index (κ3) is 3.30. The van der Waals surface area contributed by atoms with Gasteiger partial charge in [0.05, 0.1) is 0 Å². The Labute approximate surface area is 132 Å². The zero-order valence-corrected chi connectivity index (χ0v) is 13.8. The van der Waals surface area contributed by atoms with Gasteiger partial charge in [0, 0.05) is 36.2 Å². The predicted molar refractivity (Wildman–Crippen MR) is 92.2 cm³/mol. The van der Waals surface area contributed by atoms with Crippen molar-refractivity contribution in [1.29, 1.82) is 0 Å². The van der Waals surface area contributed by atoms with Crippen LogP contribution in [0.5, 0.6) is 0 Å². The highest BCUT2D eigenvalue weighted by Gasteiger charge is 2.10. The van der Waals surface area contributed by atoms with Gasteiger partial charge in [-0.1, -0.05) is 18.2 Å². The van der Waals surface area contributed by atoms with Crippen molar-refractivity contribution in [2.75, 3.05) is 13.1 Å². The summed E-state index contributed by atoms with van der Waals surface area (Å²) >= 11 is 0. The van der Waals surface area contributed by atoms with Gasteiger partial charge in [0.25, 0.3) is 0 Å². The zero-order chi connectivity index (χ0) is 16.1. The maximum absolute atomic E-state index is 12.1. The number of carbonyl (C=O) groups is 1. The first-order valence-electron chi connectivity index (χ1n) is 7.79. The minimum Gasteiger partial charge on any atom is -0.340 e. The van der Waals surface area contributed by atoms with E-state index >= 15 is 0 Å². The molecule has 0 fully saturated rings. The SMILES string of the molecule is CCN(CC)C(=O)/C=C/c1cc(C)n(-c2ccccc2)c1C. The van der Waals surface area contributed by atoms with Crippen LogP contribution in [0.4, 0.5) is 0 Å². The first-order chi connectivity index (χ1) is 10.6. The Morgan fingerprint density at radius 1 is 1.14 bits per heavy atom. The van der Waals surface area contributed by atoms with Crippen molar-refractivity contribution in [2.24, 2.45) is 0 Å². The summed E-state index contributed by atoms with van der Waals surface area (Å²) in [5, 5.41) is 0. The number of amides is 1. The normalized spacial score (nSPS) is 11.1. The fourth-order valence-corrected chi connectivity index (χ4v) is 2.73. The molecule has 0 saturated heterocycles. The quantitative estimate of drug-likeness (QED) is 0.766. The molecule has 0 aliphatic carbocycles. The first-order valence-corrected chi connectivity index (χ1v) is 7.79. The van der Waals surface area contributed by atoms with E-state index in [9.17, 15) is 4.79 Å². The van der Waals surface area contributed by atoms with Crippen molar-refractivity contribution < 1.29 is 4.79 Å². The van der Waals surface area contributed by atoms with Crippen LogP contribution in [0.15, 0.2) is 42.5 Å². The Kier molecular flexibility index (Phi) is 5.21. The van der Waals surface area contributed by atoms with Gasteiger partial charge in [0.2, 0.25) is 5.91 Å². The molecule has 3 heteroatoms. The highest BCUT2D eigenvalue weighted by Crippen LogP contribution is 2.21. The molecule has 0 bridgehead atoms. The second kappa shape index (κ2) is 7.12. The maximum Gasteiger partial charge on any atom is 0.246 e. The smallest absolute Gasteiger partial charge is 0.246 e. The molecule has 0 N–H and O–H groups in total. The molecule has 2 rings (SSSR count). The van der Waals surface area contributed by atoms with Gasteiger partial charge in [0.15, 0.2) is 0 Å². The minimum atomic E-state index is 0.0644. The van der Waals surface area contributed by atoms with E-state index in [0.717, 1.165) is 30.0 Å². The second-order valence-electron chi connectivity index (χ2n) is 5.34. The third-order valence-corrected chi connectivity index (χ3v) is 3.97. The van der Waals surface area contributed by atoms with E-state index in [1.165, 1.54) is 5.69 Å². The summed E-state index contributed by atoms with van der Waals surface area (Å²) in [6, 6.07) is 12.4. The molecule has 0 atom stereocenters. The average molecular weight is 296 g/mol. The number of rotatable bonds is 5. The summed E-state index contributed by atoms with van der Waals surface area (Å²) in [7, 11) is 0. The van der Waals surface area contributed by atoms with Crippen molar-refractivity contribution in [2.45, 2.75) is 27.7 Å². The Morgan fingerprint density at radius 2 is 1.77 bits per heavy atom. The summed E-state index contributed by atoms with van der Waals surface area (Å²) in [4.78, 5) is 13.9. The van der Waals surface area contributed by atoms with Crippen LogP contribution in [0.1, 0.15) is 30.8 Å². The molecule has 2 aromatic rings. The van der Waals surface area contributed by atoms with Gasteiger partial charge in [-0.15, -0.1) is 0 Å². The van der Waals surface area contributed by atoms with Crippen molar-refractivity contribution in [1.82, 2.24) is 9.47 Å². The topological polar surface area (TPSA) is 25.2 Å². The number of likely N-dealkylation sites (N-methyl/N-ethyl adjacent to an activating group) is 1. The summed E-state index contributed by atoms with van der Waals surface area (Å²) < 4.78 is 2.21. The van der Waals surface area contributed by atoms with E-state index < -0.39 is 0 Å². The van der Waals surface area contributed by atoms with Crippen LogP contribution in [0.25, 0.3) is 11.8 Å². The number of aryl methyl sites for hydroxylation is 1. The first kappa shape index (κ1) is 16.1. The van der Waals surface area contributed by atoms with Gasteiger partial charge < -0.3 is 9.47 Å². The lowest BCUT2D eigenvalue weighted by atomic mass is 10.2. The number of para-hydroxylation sites is 1. The van der Waals surface area contributed by atoms with Crippen molar-refractivity contribution >= 4 is 12.0 Å². The molecular weight excluding hydrogens is 272 g/mol. The highest BCUT2D eigenvalue weighted by molar-refractivity contribution is 5.92. The average Bonchev–Trinajstić information content (AvgIpc) is 2.81. The Balaban J connectivity index is 2.30. The van der Waals surface area contributed by atoms with Crippen LogP contribution in [0.3, 0.4) is 0 Å². The van der Waals surface area contributed by atoms with Crippen LogP contribution in [0.2, 0.25) is 0 Å². The van der Waals surface area contributed by atoms with E-state index in [1.54, 1.807) is 6.08 Å². The number of hydrogen-bond acceptors (Lipinski definition) is 1. The number of carbonyl (C=O) groups excluding carboxylic acids is 1. The Hall–Kier alpha value is -2.29. The lowest BCUT2D eigenvalue weighted by Crippen LogP contribution is -2.28. The molecule has 0 saturated carbocycles.